The summed E-state index contributed by atoms with van der Waals surface area (Å²) in [6, 6.07) is 9.60. The molecule has 0 N–H and O–H groups in total. The summed E-state index contributed by atoms with van der Waals surface area (Å²) < 4.78 is 43.7. The van der Waals surface area contributed by atoms with Crippen molar-refractivity contribution in [3.05, 3.63) is 77.1 Å². The van der Waals surface area contributed by atoms with E-state index in [-0.39, 0.29) is 44.4 Å². The van der Waals surface area contributed by atoms with Crippen LogP contribution in [0.1, 0.15) is 115 Å². The van der Waals surface area contributed by atoms with Crippen LogP contribution in [0.25, 0.3) is 11.1 Å². The fraction of sp³-hybridized carbons (Fsp3) is 0.558. The molecule has 0 radical (unpaired) electrons. The summed E-state index contributed by atoms with van der Waals surface area (Å²) in [6.07, 6.45) is 11.9. The van der Waals surface area contributed by atoms with Crippen molar-refractivity contribution in [2.45, 2.75) is 111 Å². The van der Waals surface area contributed by atoms with Crippen molar-refractivity contribution in [1.82, 2.24) is 0 Å². The summed E-state index contributed by atoms with van der Waals surface area (Å²) in [5.74, 6) is 0.437. The standard InChI is InChI=1S/C43H57FO8/c1-7-9-10-11-13-31-15-17-33(18-16-31)34-19-20-36(38(44)23-34)37-22-35(14-12-21-48-40(45)29(3)4)39(24-32(37)8-2)49-25-43(26-50-41(46)30(5)6)27-51-42(47)52-28-43/h19-20,22-24,31,33H,3,5,7-18,21,25-28H2,1-2,4,6H3. The highest BCUT2D eigenvalue weighted by Crippen LogP contribution is 2.40. The van der Waals surface area contributed by atoms with E-state index in [9.17, 15) is 14.4 Å². The second kappa shape index (κ2) is 19.6. The molecule has 0 spiro atoms. The first-order valence-electron chi connectivity index (χ1n) is 19.0. The van der Waals surface area contributed by atoms with Gasteiger partial charge in [-0.05, 0) is 111 Å². The Morgan fingerprint density at radius 3 is 2.17 bits per heavy atom. The maximum Gasteiger partial charge on any atom is 0.508 e. The molecule has 2 fully saturated rings. The average Bonchev–Trinajstić information content (AvgIpc) is 3.14. The lowest BCUT2D eigenvalue weighted by atomic mass is 9.76. The number of esters is 2. The van der Waals surface area contributed by atoms with Gasteiger partial charge >= 0.3 is 18.1 Å². The van der Waals surface area contributed by atoms with Gasteiger partial charge in [0.15, 0.2) is 0 Å². The first-order valence-corrected chi connectivity index (χ1v) is 19.0. The second-order valence-electron chi connectivity index (χ2n) is 14.8. The molecule has 1 aliphatic carbocycles. The minimum Gasteiger partial charge on any atom is -0.492 e. The third-order valence-corrected chi connectivity index (χ3v) is 10.3. The minimum absolute atomic E-state index is 0.00788. The van der Waals surface area contributed by atoms with Crippen LogP contribution in [0.3, 0.4) is 0 Å². The zero-order chi connectivity index (χ0) is 37.7. The van der Waals surface area contributed by atoms with Gasteiger partial charge in [-0.2, -0.15) is 0 Å². The molecule has 1 saturated heterocycles. The van der Waals surface area contributed by atoms with E-state index in [2.05, 4.69) is 26.1 Å². The molecule has 1 heterocycles. The lowest BCUT2D eigenvalue weighted by Gasteiger charge is -2.35. The molecule has 0 aromatic heterocycles. The molecule has 1 saturated carbocycles. The minimum atomic E-state index is -0.964. The zero-order valence-electron chi connectivity index (χ0n) is 31.6. The van der Waals surface area contributed by atoms with Gasteiger partial charge in [-0.25, -0.2) is 18.8 Å². The third kappa shape index (κ3) is 11.4. The van der Waals surface area contributed by atoms with Gasteiger partial charge in [-0.1, -0.05) is 71.2 Å². The summed E-state index contributed by atoms with van der Waals surface area (Å²) in [5, 5.41) is 0. The molecule has 0 amide bonds. The van der Waals surface area contributed by atoms with Crippen LogP contribution in [0.15, 0.2) is 54.6 Å². The molecule has 2 aliphatic rings. The Kier molecular flexibility index (Phi) is 15.3. The van der Waals surface area contributed by atoms with Gasteiger partial charge in [0.1, 0.15) is 43.4 Å². The Labute approximate surface area is 309 Å². The van der Waals surface area contributed by atoms with E-state index >= 15 is 4.39 Å². The van der Waals surface area contributed by atoms with Gasteiger partial charge in [0.2, 0.25) is 0 Å². The van der Waals surface area contributed by atoms with Crippen molar-refractivity contribution in [1.29, 1.82) is 0 Å². The molecule has 1 aliphatic heterocycles. The summed E-state index contributed by atoms with van der Waals surface area (Å²) in [6.45, 7) is 14.6. The normalized spacial score (nSPS) is 18.1. The van der Waals surface area contributed by atoms with Gasteiger partial charge in [0, 0.05) is 16.7 Å². The molecule has 0 bridgehead atoms. The number of halogens is 1. The van der Waals surface area contributed by atoms with Crippen LogP contribution < -0.4 is 4.74 Å². The highest BCUT2D eigenvalue weighted by atomic mass is 19.1. The monoisotopic (exact) mass is 720 g/mol. The van der Waals surface area contributed by atoms with Gasteiger partial charge in [0.25, 0.3) is 0 Å². The van der Waals surface area contributed by atoms with E-state index in [1.165, 1.54) is 44.9 Å². The molecule has 9 heteroatoms. The van der Waals surface area contributed by atoms with E-state index < -0.39 is 23.5 Å². The van der Waals surface area contributed by atoms with Crippen molar-refractivity contribution in [2.75, 3.05) is 33.0 Å². The molecule has 0 atom stereocenters. The van der Waals surface area contributed by atoms with Crippen molar-refractivity contribution < 1.29 is 42.5 Å². The van der Waals surface area contributed by atoms with E-state index in [0.717, 1.165) is 41.0 Å². The lowest BCUT2D eigenvalue weighted by molar-refractivity contribution is -0.151. The largest absolute Gasteiger partial charge is 0.508 e. The predicted octanol–water partition coefficient (Wildman–Crippen LogP) is 10.0. The smallest absolute Gasteiger partial charge is 0.492 e. The van der Waals surface area contributed by atoms with E-state index in [1.807, 2.05) is 25.1 Å². The van der Waals surface area contributed by atoms with Gasteiger partial charge in [0.05, 0.1) is 6.61 Å². The lowest BCUT2D eigenvalue weighted by Crippen LogP contribution is -2.47. The third-order valence-electron chi connectivity index (χ3n) is 10.3. The highest BCUT2D eigenvalue weighted by Gasteiger charge is 2.41. The van der Waals surface area contributed by atoms with E-state index in [4.69, 9.17) is 23.7 Å². The number of carbonyl (C=O) groups is 3. The van der Waals surface area contributed by atoms with Crippen molar-refractivity contribution in [3.63, 3.8) is 0 Å². The van der Waals surface area contributed by atoms with Crippen LogP contribution in [0.4, 0.5) is 9.18 Å². The summed E-state index contributed by atoms with van der Waals surface area (Å²) in [4.78, 5) is 36.0. The first-order chi connectivity index (χ1) is 24.9. The van der Waals surface area contributed by atoms with Crippen LogP contribution in [0.2, 0.25) is 0 Å². The Morgan fingerprint density at radius 2 is 1.54 bits per heavy atom. The molecule has 4 rings (SSSR count). The number of benzene rings is 2. The summed E-state index contributed by atoms with van der Waals surface area (Å²) in [5.41, 5.74) is 3.67. The number of cyclic esters (lactones) is 2. The molecule has 2 aromatic carbocycles. The molecular formula is C43H57FO8. The van der Waals surface area contributed by atoms with Crippen molar-refractivity contribution in [3.8, 4) is 16.9 Å². The van der Waals surface area contributed by atoms with Crippen LogP contribution in [-0.2, 0) is 41.4 Å². The van der Waals surface area contributed by atoms with Crippen LogP contribution >= 0.6 is 0 Å². The number of hydrogen-bond donors (Lipinski definition) is 0. The maximum atomic E-state index is 16.1. The molecule has 2 aromatic rings. The number of hydrogen-bond acceptors (Lipinski definition) is 8. The Hall–Kier alpha value is -4.14. The molecule has 52 heavy (non-hydrogen) atoms. The Morgan fingerprint density at radius 1 is 0.846 bits per heavy atom. The van der Waals surface area contributed by atoms with Crippen LogP contribution in [0, 0.1) is 17.2 Å². The maximum absolute atomic E-state index is 16.1. The molecule has 0 unspecified atom stereocenters. The van der Waals surface area contributed by atoms with Crippen LogP contribution in [-0.4, -0.2) is 51.1 Å². The van der Waals surface area contributed by atoms with Crippen LogP contribution in [0.5, 0.6) is 5.75 Å². The fourth-order valence-corrected chi connectivity index (χ4v) is 7.03. The van der Waals surface area contributed by atoms with Gasteiger partial charge in [-0.15, -0.1) is 0 Å². The number of rotatable bonds is 19. The van der Waals surface area contributed by atoms with Crippen molar-refractivity contribution in [2.24, 2.45) is 11.3 Å². The number of unbranched alkanes of at least 4 members (excludes halogenated alkanes) is 3. The SMILES string of the molecule is C=C(C)C(=O)OCCCc1cc(-c2ccc(C3CCC(CCCCCC)CC3)cc2F)c(CC)cc1OCC1(COC(=O)C(=C)C)COC(=O)OC1. The van der Waals surface area contributed by atoms with E-state index in [0.29, 0.717) is 42.1 Å². The molecule has 284 valence electrons. The highest BCUT2D eigenvalue weighted by molar-refractivity contribution is 5.87. The predicted molar refractivity (Wildman–Crippen MR) is 200 cm³/mol. The number of ether oxygens (including phenoxy) is 5. The average molecular weight is 721 g/mol. The fourth-order valence-electron chi connectivity index (χ4n) is 7.03. The number of aryl methyl sites for hydroxylation is 2. The second-order valence-corrected chi connectivity index (χ2v) is 14.8. The quantitative estimate of drug-likeness (QED) is 0.0612. The Balaban J connectivity index is 1.56. The van der Waals surface area contributed by atoms with E-state index in [1.54, 1.807) is 19.9 Å². The van der Waals surface area contributed by atoms with Gasteiger partial charge < -0.3 is 23.7 Å². The summed E-state index contributed by atoms with van der Waals surface area (Å²) >= 11 is 0. The number of carbonyl (C=O) groups excluding carboxylic acids is 3. The molecule has 8 nitrogen and oxygen atoms in total. The first kappa shape index (κ1) is 40.6. The van der Waals surface area contributed by atoms with Crippen molar-refractivity contribution >= 4 is 18.1 Å². The zero-order valence-corrected chi connectivity index (χ0v) is 31.6. The molecular weight excluding hydrogens is 663 g/mol. The topological polar surface area (TPSA) is 97.4 Å². The summed E-state index contributed by atoms with van der Waals surface area (Å²) in [7, 11) is 0. The van der Waals surface area contributed by atoms with Gasteiger partial charge in [-0.3, -0.25) is 0 Å². The Bertz CT molecular complexity index is 1560.